The maximum absolute atomic E-state index is 10.6. The second-order valence-electron chi connectivity index (χ2n) is 4.14. The molecule has 0 spiro atoms. The Morgan fingerprint density at radius 3 is 2.58 bits per heavy atom. The van der Waals surface area contributed by atoms with Crippen molar-refractivity contribution >= 4 is 22.7 Å². The van der Waals surface area contributed by atoms with Gasteiger partial charge in [-0.05, 0) is 23.3 Å². The minimum absolute atomic E-state index is 0.163. The number of hydrogen-bond acceptors (Lipinski definition) is 5. The van der Waals surface area contributed by atoms with Crippen molar-refractivity contribution in [3.63, 3.8) is 0 Å². The third kappa shape index (κ3) is 4.04. The number of aryl methyl sites for hydroxylation is 1. The molecule has 102 valence electrons. The fourth-order valence-electron chi connectivity index (χ4n) is 1.76. The predicted octanol–water partition coefficient (Wildman–Crippen LogP) is 0.255. The molecule has 5 N–H and O–H groups in total. The lowest BCUT2D eigenvalue weighted by atomic mass is 10.1. The highest BCUT2D eigenvalue weighted by Crippen LogP contribution is 2.13. The maximum Gasteiger partial charge on any atom is 0.154 e. The molecule has 19 heavy (non-hydrogen) atoms. The largest absolute Gasteiger partial charge is 0.384 e. The van der Waals surface area contributed by atoms with E-state index in [1.165, 1.54) is 0 Å². The summed E-state index contributed by atoms with van der Waals surface area (Å²) in [5.74, 6) is 0.937. The molecular weight excluding hydrogens is 266 g/mol. The summed E-state index contributed by atoms with van der Waals surface area (Å²) in [7, 11) is 0. The first-order chi connectivity index (χ1) is 9.02. The number of anilines is 2. The van der Waals surface area contributed by atoms with Gasteiger partial charge in [-0.2, -0.15) is 5.10 Å². The molecule has 0 aromatic carbocycles. The highest BCUT2D eigenvalue weighted by Gasteiger charge is 2.04. The third-order valence-corrected chi connectivity index (χ3v) is 3.05. The highest BCUT2D eigenvalue weighted by molar-refractivity contribution is 7.79. The molecule has 0 saturated heterocycles. The molecule has 2 aromatic rings. The van der Waals surface area contributed by atoms with Crippen LogP contribution in [0.25, 0.3) is 0 Å². The summed E-state index contributed by atoms with van der Waals surface area (Å²) in [6.45, 7) is 0.406. The van der Waals surface area contributed by atoms with Crippen LogP contribution in [0, 0.1) is 0 Å². The molecular formula is C11H15N5O2S. The average molecular weight is 281 g/mol. The highest BCUT2D eigenvalue weighted by atomic mass is 32.2. The van der Waals surface area contributed by atoms with Gasteiger partial charge < -0.3 is 16.0 Å². The van der Waals surface area contributed by atoms with Gasteiger partial charge in [0.25, 0.3) is 0 Å². The van der Waals surface area contributed by atoms with Crippen LogP contribution >= 0.6 is 0 Å². The Hall–Kier alpha value is -1.93. The smallest absolute Gasteiger partial charge is 0.154 e. The predicted molar refractivity (Wildman–Crippen MR) is 73.7 cm³/mol. The number of nitrogens with two attached hydrogens (primary N) is 2. The van der Waals surface area contributed by atoms with Crippen LogP contribution < -0.4 is 11.5 Å². The summed E-state index contributed by atoms with van der Waals surface area (Å²) in [6, 6.07) is 3.52. The third-order valence-electron chi connectivity index (χ3n) is 2.51. The summed E-state index contributed by atoms with van der Waals surface area (Å²) in [5, 5.41) is 4.12. The van der Waals surface area contributed by atoms with E-state index in [0.29, 0.717) is 24.6 Å². The first-order valence-electron chi connectivity index (χ1n) is 5.63. The monoisotopic (exact) mass is 281 g/mol. The zero-order valence-electron chi connectivity index (χ0n) is 10.2. The molecule has 0 saturated carbocycles. The number of hydrogen-bond donors (Lipinski definition) is 3. The topological polar surface area (TPSA) is 120 Å². The number of aromatic nitrogens is 3. The summed E-state index contributed by atoms with van der Waals surface area (Å²) >= 11 is -1.80. The molecule has 0 bridgehead atoms. The Bertz CT molecular complexity index is 578. The van der Waals surface area contributed by atoms with Crippen LogP contribution in [0.15, 0.2) is 24.5 Å². The van der Waals surface area contributed by atoms with Crippen molar-refractivity contribution in [2.45, 2.75) is 13.0 Å². The van der Waals surface area contributed by atoms with Gasteiger partial charge in [-0.3, -0.25) is 4.68 Å². The van der Waals surface area contributed by atoms with E-state index in [4.69, 9.17) is 16.0 Å². The van der Waals surface area contributed by atoms with Gasteiger partial charge in [-0.25, -0.2) is 9.19 Å². The first-order valence-corrected chi connectivity index (χ1v) is 6.91. The molecule has 8 heteroatoms. The molecule has 2 heterocycles. The molecule has 1 unspecified atom stereocenters. The van der Waals surface area contributed by atoms with E-state index in [9.17, 15) is 4.21 Å². The number of nitrogen functional groups attached to an aromatic ring is 2. The van der Waals surface area contributed by atoms with Crippen molar-refractivity contribution in [1.82, 2.24) is 14.8 Å². The summed E-state index contributed by atoms with van der Waals surface area (Å²) in [5.41, 5.74) is 13.2. The van der Waals surface area contributed by atoms with Crippen LogP contribution in [0.3, 0.4) is 0 Å². The Morgan fingerprint density at radius 2 is 1.95 bits per heavy atom. The SMILES string of the molecule is Nc1cc(Cc2cnn(CCS(=O)O)c2)cc(N)n1. The van der Waals surface area contributed by atoms with Crippen molar-refractivity contribution in [2.24, 2.45) is 0 Å². The molecule has 1 atom stereocenters. The van der Waals surface area contributed by atoms with E-state index in [2.05, 4.69) is 10.1 Å². The summed E-state index contributed by atoms with van der Waals surface area (Å²) < 4.78 is 20.9. The summed E-state index contributed by atoms with van der Waals surface area (Å²) in [4.78, 5) is 3.90. The number of nitrogens with zero attached hydrogens (tertiary/aromatic N) is 3. The standard InChI is InChI=1S/C11H15N5O2S/c12-10-4-8(5-11(13)15-10)3-9-6-14-16(7-9)1-2-19(17)18/h4-7H,1-3H2,(H,17,18)(H4,12,13,15). The average Bonchev–Trinajstić information content (AvgIpc) is 2.72. The van der Waals surface area contributed by atoms with Crippen molar-refractivity contribution in [1.29, 1.82) is 0 Å². The second-order valence-corrected chi connectivity index (χ2v) is 5.19. The Balaban J connectivity index is 2.05. The number of pyridine rings is 1. The van der Waals surface area contributed by atoms with Gasteiger partial charge >= 0.3 is 0 Å². The molecule has 0 radical (unpaired) electrons. The first kappa shape index (κ1) is 13.5. The van der Waals surface area contributed by atoms with E-state index in [1.54, 1.807) is 23.0 Å². The van der Waals surface area contributed by atoms with Gasteiger partial charge in [-0.15, -0.1) is 0 Å². The lowest BCUT2D eigenvalue weighted by Gasteiger charge is -2.02. The van der Waals surface area contributed by atoms with Gasteiger partial charge in [0.2, 0.25) is 0 Å². The molecule has 2 aromatic heterocycles. The molecule has 0 amide bonds. The van der Waals surface area contributed by atoms with Crippen LogP contribution in [0.5, 0.6) is 0 Å². The molecule has 0 aliphatic rings. The van der Waals surface area contributed by atoms with Crippen LogP contribution in [-0.4, -0.2) is 29.3 Å². The second kappa shape index (κ2) is 5.81. The van der Waals surface area contributed by atoms with Crippen LogP contribution in [-0.2, 0) is 24.0 Å². The maximum atomic E-state index is 10.6. The van der Waals surface area contributed by atoms with E-state index >= 15 is 0 Å². The van der Waals surface area contributed by atoms with Crippen molar-refractivity contribution in [2.75, 3.05) is 17.2 Å². The quantitative estimate of drug-likeness (QED) is 0.676. The minimum atomic E-state index is -1.80. The summed E-state index contributed by atoms with van der Waals surface area (Å²) in [6.07, 6.45) is 4.19. The van der Waals surface area contributed by atoms with Gasteiger partial charge in [0.15, 0.2) is 11.1 Å². The number of rotatable bonds is 5. The van der Waals surface area contributed by atoms with E-state index in [0.717, 1.165) is 11.1 Å². The minimum Gasteiger partial charge on any atom is -0.384 e. The fourth-order valence-corrected chi connectivity index (χ4v) is 2.11. The molecule has 2 rings (SSSR count). The molecule has 0 fully saturated rings. The fraction of sp³-hybridized carbons (Fsp3) is 0.273. The van der Waals surface area contributed by atoms with E-state index in [1.807, 2.05) is 6.20 Å². The Kier molecular flexibility index (Phi) is 4.13. The van der Waals surface area contributed by atoms with Crippen LogP contribution in [0.1, 0.15) is 11.1 Å². The van der Waals surface area contributed by atoms with Crippen LogP contribution in [0.2, 0.25) is 0 Å². The Labute approximate surface area is 112 Å². The van der Waals surface area contributed by atoms with E-state index < -0.39 is 11.1 Å². The zero-order valence-corrected chi connectivity index (χ0v) is 11.0. The molecule has 7 nitrogen and oxygen atoms in total. The lowest BCUT2D eigenvalue weighted by molar-refractivity contribution is 0.552. The Morgan fingerprint density at radius 1 is 1.26 bits per heavy atom. The van der Waals surface area contributed by atoms with Crippen molar-refractivity contribution < 1.29 is 8.76 Å². The lowest BCUT2D eigenvalue weighted by Crippen LogP contribution is -2.06. The van der Waals surface area contributed by atoms with Gasteiger partial charge in [0.1, 0.15) is 11.6 Å². The van der Waals surface area contributed by atoms with Gasteiger partial charge in [0.05, 0.1) is 18.5 Å². The van der Waals surface area contributed by atoms with Gasteiger partial charge in [0, 0.05) is 12.6 Å². The normalized spacial score (nSPS) is 12.5. The zero-order chi connectivity index (χ0) is 13.8. The molecule has 0 aliphatic carbocycles. The van der Waals surface area contributed by atoms with Crippen molar-refractivity contribution in [3.05, 3.63) is 35.7 Å². The molecule has 0 aliphatic heterocycles. The van der Waals surface area contributed by atoms with Crippen LogP contribution in [0.4, 0.5) is 11.6 Å². The van der Waals surface area contributed by atoms with E-state index in [-0.39, 0.29) is 5.75 Å². The van der Waals surface area contributed by atoms with Gasteiger partial charge in [-0.1, -0.05) is 0 Å². The van der Waals surface area contributed by atoms with Crippen molar-refractivity contribution in [3.8, 4) is 0 Å².